The lowest BCUT2D eigenvalue weighted by molar-refractivity contribution is -0.123. The number of amides is 1. The second kappa shape index (κ2) is 7.88. The standard InChI is InChI=1S/C16H27N3O2/c1-16(18-2,15(17)20)11-7-8-12-19(3)13-9-5-6-10-14(13)21-4/h5-6,9-10,18H,7-8,11-12H2,1-4H3,(H2,17,20). The van der Waals surface area contributed by atoms with E-state index < -0.39 is 5.54 Å². The Morgan fingerprint density at radius 2 is 2.05 bits per heavy atom. The summed E-state index contributed by atoms with van der Waals surface area (Å²) in [6.45, 7) is 2.75. The first-order chi connectivity index (χ1) is 9.94. The maximum absolute atomic E-state index is 11.4. The van der Waals surface area contributed by atoms with Gasteiger partial charge >= 0.3 is 0 Å². The number of benzene rings is 1. The molecule has 5 heteroatoms. The zero-order chi connectivity index (χ0) is 15.9. The molecule has 0 saturated heterocycles. The maximum Gasteiger partial charge on any atom is 0.237 e. The fraction of sp³-hybridized carbons (Fsp3) is 0.562. The van der Waals surface area contributed by atoms with Gasteiger partial charge in [-0.1, -0.05) is 12.1 Å². The molecule has 0 radical (unpaired) electrons. The van der Waals surface area contributed by atoms with Crippen LogP contribution >= 0.6 is 0 Å². The first kappa shape index (κ1) is 17.3. The number of nitrogens with two attached hydrogens (primary N) is 1. The average Bonchev–Trinajstić information content (AvgIpc) is 2.50. The molecule has 1 aromatic carbocycles. The molecule has 0 aliphatic heterocycles. The van der Waals surface area contributed by atoms with Gasteiger partial charge in [0.2, 0.25) is 5.91 Å². The first-order valence-electron chi connectivity index (χ1n) is 7.27. The Kier molecular flexibility index (Phi) is 6.49. The summed E-state index contributed by atoms with van der Waals surface area (Å²) in [5.74, 6) is 0.570. The Balaban J connectivity index is 2.47. The Labute approximate surface area is 127 Å². The van der Waals surface area contributed by atoms with Gasteiger partial charge in [0, 0.05) is 13.6 Å². The number of hydrogen-bond acceptors (Lipinski definition) is 4. The summed E-state index contributed by atoms with van der Waals surface area (Å²) in [7, 11) is 5.49. The predicted octanol–water partition coefficient (Wildman–Crippen LogP) is 1.77. The van der Waals surface area contributed by atoms with E-state index in [9.17, 15) is 4.79 Å². The Morgan fingerprint density at radius 3 is 2.62 bits per heavy atom. The molecule has 5 nitrogen and oxygen atoms in total. The van der Waals surface area contributed by atoms with E-state index in [4.69, 9.17) is 10.5 Å². The van der Waals surface area contributed by atoms with Crippen molar-refractivity contribution in [3.8, 4) is 5.75 Å². The van der Waals surface area contributed by atoms with Crippen LogP contribution in [0.15, 0.2) is 24.3 Å². The van der Waals surface area contributed by atoms with Crippen molar-refractivity contribution in [2.45, 2.75) is 31.7 Å². The maximum atomic E-state index is 11.4. The molecule has 0 aliphatic rings. The number of likely N-dealkylation sites (N-methyl/N-ethyl adjacent to an activating group) is 1. The summed E-state index contributed by atoms with van der Waals surface area (Å²) in [6.07, 6.45) is 2.65. The van der Waals surface area contributed by atoms with Crippen LogP contribution in [0.25, 0.3) is 0 Å². The zero-order valence-electron chi connectivity index (χ0n) is 13.5. The van der Waals surface area contributed by atoms with Crippen LogP contribution in [-0.2, 0) is 4.79 Å². The summed E-state index contributed by atoms with van der Waals surface area (Å²) in [6, 6.07) is 7.96. The highest BCUT2D eigenvalue weighted by Gasteiger charge is 2.27. The lowest BCUT2D eigenvalue weighted by Crippen LogP contribution is -2.51. The van der Waals surface area contributed by atoms with Gasteiger partial charge in [-0.3, -0.25) is 4.79 Å². The molecular formula is C16H27N3O2. The molecule has 0 spiro atoms. The van der Waals surface area contributed by atoms with Crippen molar-refractivity contribution in [3.63, 3.8) is 0 Å². The smallest absolute Gasteiger partial charge is 0.237 e. The number of hydrogen-bond donors (Lipinski definition) is 2. The van der Waals surface area contributed by atoms with Crippen molar-refractivity contribution in [3.05, 3.63) is 24.3 Å². The van der Waals surface area contributed by atoms with Gasteiger partial charge in [-0.25, -0.2) is 0 Å². The second-order valence-electron chi connectivity index (χ2n) is 5.50. The van der Waals surface area contributed by atoms with Crippen molar-refractivity contribution < 1.29 is 9.53 Å². The highest BCUT2D eigenvalue weighted by atomic mass is 16.5. The molecule has 0 heterocycles. The normalized spacial score (nSPS) is 13.5. The number of carbonyl (C=O) groups excluding carboxylic acids is 1. The topological polar surface area (TPSA) is 67.6 Å². The number of anilines is 1. The Morgan fingerprint density at radius 1 is 1.38 bits per heavy atom. The molecule has 0 fully saturated rings. The molecule has 0 bridgehead atoms. The van der Waals surface area contributed by atoms with Gasteiger partial charge in [0.05, 0.1) is 18.3 Å². The Hall–Kier alpha value is -1.75. The molecule has 0 aliphatic carbocycles. The molecule has 1 amide bonds. The highest BCUT2D eigenvalue weighted by Crippen LogP contribution is 2.26. The fourth-order valence-electron chi connectivity index (χ4n) is 2.26. The monoisotopic (exact) mass is 293 g/mol. The molecule has 0 saturated carbocycles. The summed E-state index contributed by atoms with van der Waals surface area (Å²) >= 11 is 0. The largest absolute Gasteiger partial charge is 0.495 e. The fourth-order valence-corrected chi connectivity index (χ4v) is 2.26. The molecular weight excluding hydrogens is 266 g/mol. The van der Waals surface area contributed by atoms with E-state index in [0.717, 1.165) is 37.2 Å². The van der Waals surface area contributed by atoms with Crippen LogP contribution in [0.2, 0.25) is 0 Å². The van der Waals surface area contributed by atoms with E-state index in [2.05, 4.69) is 10.2 Å². The first-order valence-corrected chi connectivity index (χ1v) is 7.27. The summed E-state index contributed by atoms with van der Waals surface area (Å²) in [4.78, 5) is 13.6. The molecule has 21 heavy (non-hydrogen) atoms. The van der Waals surface area contributed by atoms with Crippen LogP contribution in [0.3, 0.4) is 0 Å². The minimum Gasteiger partial charge on any atom is -0.495 e. The van der Waals surface area contributed by atoms with Crippen molar-refractivity contribution in [2.75, 3.05) is 32.6 Å². The number of primary amides is 1. The summed E-state index contributed by atoms with van der Waals surface area (Å²) < 4.78 is 5.36. The van der Waals surface area contributed by atoms with E-state index in [1.165, 1.54) is 0 Å². The number of ether oxygens (including phenoxy) is 1. The highest BCUT2D eigenvalue weighted by molar-refractivity contribution is 5.84. The van der Waals surface area contributed by atoms with Crippen molar-refractivity contribution in [1.29, 1.82) is 0 Å². The molecule has 1 rings (SSSR count). The number of nitrogens with zero attached hydrogens (tertiary/aromatic N) is 1. The lowest BCUT2D eigenvalue weighted by Gasteiger charge is -2.26. The van der Waals surface area contributed by atoms with Crippen molar-refractivity contribution in [2.24, 2.45) is 5.73 Å². The van der Waals surface area contributed by atoms with Crippen LogP contribution < -0.4 is 20.7 Å². The molecule has 1 aromatic rings. The average molecular weight is 293 g/mol. The molecule has 3 N–H and O–H groups in total. The second-order valence-corrected chi connectivity index (χ2v) is 5.50. The van der Waals surface area contributed by atoms with Crippen LogP contribution in [0, 0.1) is 0 Å². The SMILES string of the molecule is CNC(C)(CCCCN(C)c1ccccc1OC)C(N)=O. The number of nitrogens with one attached hydrogen (secondary N) is 1. The van der Waals surface area contributed by atoms with Crippen molar-refractivity contribution >= 4 is 11.6 Å². The quantitative estimate of drug-likeness (QED) is 0.681. The van der Waals surface area contributed by atoms with Gasteiger partial charge < -0.3 is 20.7 Å². The minimum absolute atomic E-state index is 0.303. The third-order valence-corrected chi connectivity index (χ3v) is 4.01. The van der Waals surface area contributed by atoms with Gasteiger partial charge in [0.15, 0.2) is 0 Å². The van der Waals surface area contributed by atoms with E-state index in [-0.39, 0.29) is 5.91 Å². The van der Waals surface area contributed by atoms with E-state index >= 15 is 0 Å². The van der Waals surface area contributed by atoms with Gasteiger partial charge in [-0.2, -0.15) is 0 Å². The zero-order valence-corrected chi connectivity index (χ0v) is 13.5. The summed E-state index contributed by atoms with van der Waals surface area (Å²) in [5, 5.41) is 3.01. The molecule has 1 atom stereocenters. The van der Waals surface area contributed by atoms with Gasteiger partial charge in [-0.15, -0.1) is 0 Å². The number of rotatable bonds is 9. The van der Waals surface area contributed by atoms with Crippen molar-refractivity contribution in [1.82, 2.24) is 5.32 Å². The third kappa shape index (κ3) is 4.63. The van der Waals surface area contributed by atoms with Gasteiger partial charge in [-0.05, 0) is 45.4 Å². The molecule has 0 aromatic heterocycles. The number of unbranched alkanes of at least 4 members (excludes halogenated alkanes) is 1. The van der Waals surface area contributed by atoms with E-state index in [1.54, 1.807) is 14.2 Å². The Bertz CT molecular complexity index is 465. The van der Waals surface area contributed by atoms with E-state index in [1.807, 2.05) is 38.2 Å². The van der Waals surface area contributed by atoms with Crippen LogP contribution in [0.5, 0.6) is 5.75 Å². The molecule has 118 valence electrons. The number of para-hydroxylation sites is 2. The third-order valence-electron chi connectivity index (χ3n) is 4.01. The van der Waals surface area contributed by atoms with Crippen LogP contribution in [0.4, 0.5) is 5.69 Å². The van der Waals surface area contributed by atoms with Crippen LogP contribution in [-0.4, -0.2) is 39.2 Å². The lowest BCUT2D eigenvalue weighted by atomic mass is 9.94. The predicted molar refractivity (Wildman–Crippen MR) is 86.8 cm³/mol. The van der Waals surface area contributed by atoms with Gasteiger partial charge in [0.1, 0.15) is 5.75 Å². The van der Waals surface area contributed by atoms with Crippen LogP contribution in [0.1, 0.15) is 26.2 Å². The summed E-state index contributed by atoms with van der Waals surface area (Å²) in [5.41, 5.74) is 5.88. The van der Waals surface area contributed by atoms with Gasteiger partial charge in [0.25, 0.3) is 0 Å². The number of methoxy groups -OCH3 is 1. The number of carbonyl (C=O) groups is 1. The molecule has 1 unspecified atom stereocenters. The minimum atomic E-state index is -0.622. The van der Waals surface area contributed by atoms with E-state index in [0.29, 0.717) is 0 Å².